The number of nitrogens with zero attached hydrogens (tertiary/aromatic N) is 3. The lowest BCUT2D eigenvalue weighted by molar-refractivity contribution is -0.384. The molecule has 136 valence electrons. The lowest BCUT2D eigenvalue weighted by Crippen LogP contribution is -2.03. The maximum absolute atomic E-state index is 12.3. The molecule has 9 heteroatoms. The van der Waals surface area contributed by atoms with E-state index in [2.05, 4.69) is 11.1 Å². The average Bonchev–Trinajstić information content (AvgIpc) is 3.37. The largest absolute Gasteiger partial charge is 0.422 e. The number of fused-ring (bicyclic) bond motifs is 1. The number of hydrogen-bond acceptors (Lipinski definition) is 8. The van der Waals surface area contributed by atoms with Crippen LogP contribution in [0.4, 0.5) is 5.69 Å². The number of nitro groups is 1. The van der Waals surface area contributed by atoms with E-state index >= 15 is 0 Å². The predicted molar refractivity (Wildman–Crippen MR) is 108 cm³/mol. The van der Waals surface area contributed by atoms with Gasteiger partial charge in [-0.25, -0.2) is 9.78 Å². The normalized spacial score (nSPS) is 11.5. The van der Waals surface area contributed by atoms with Crippen LogP contribution in [0.15, 0.2) is 55.7 Å². The van der Waals surface area contributed by atoms with Crippen molar-refractivity contribution in [1.29, 1.82) is 5.26 Å². The van der Waals surface area contributed by atoms with Gasteiger partial charge in [0.15, 0.2) is 0 Å². The number of benzene rings is 1. The fourth-order valence-corrected chi connectivity index (χ4v) is 3.99. The number of rotatable bonds is 4. The zero-order chi connectivity index (χ0) is 19.7. The van der Waals surface area contributed by atoms with Gasteiger partial charge in [-0.3, -0.25) is 10.1 Å². The molecule has 3 aromatic heterocycles. The Balaban J connectivity index is 1.78. The molecule has 1 aromatic carbocycles. The summed E-state index contributed by atoms with van der Waals surface area (Å²) in [5.74, 6) is 0. The highest BCUT2D eigenvalue weighted by molar-refractivity contribution is 7.11. The highest BCUT2D eigenvalue weighted by Crippen LogP contribution is 2.28. The van der Waals surface area contributed by atoms with Gasteiger partial charge in [0, 0.05) is 22.9 Å². The topological polar surface area (TPSA) is 110 Å². The van der Waals surface area contributed by atoms with Gasteiger partial charge in [0.2, 0.25) is 0 Å². The van der Waals surface area contributed by atoms with Gasteiger partial charge >= 0.3 is 5.63 Å². The summed E-state index contributed by atoms with van der Waals surface area (Å²) in [5.41, 5.74) is 1.38. The smallest absolute Gasteiger partial charge is 0.345 e. The van der Waals surface area contributed by atoms with Crippen molar-refractivity contribution in [1.82, 2.24) is 4.98 Å². The van der Waals surface area contributed by atoms with Gasteiger partial charge < -0.3 is 4.42 Å². The summed E-state index contributed by atoms with van der Waals surface area (Å²) < 4.78 is 5.27. The Labute approximate surface area is 165 Å². The number of aromatic nitrogens is 1. The maximum atomic E-state index is 12.3. The second kappa shape index (κ2) is 7.19. The third kappa shape index (κ3) is 3.34. The number of nitro benzene ring substituents is 1. The zero-order valence-electron chi connectivity index (χ0n) is 14.0. The van der Waals surface area contributed by atoms with Crippen molar-refractivity contribution in [3.63, 3.8) is 0 Å². The molecule has 3 heterocycles. The first-order valence-electron chi connectivity index (χ1n) is 7.88. The van der Waals surface area contributed by atoms with E-state index in [1.165, 1.54) is 46.9 Å². The zero-order valence-corrected chi connectivity index (χ0v) is 15.6. The molecular formula is C19H9N3O4S2. The molecule has 0 atom stereocenters. The van der Waals surface area contributed by atoms with E-state index in [9.17, 15) is 20.2 Å². The Bertz CT molecular complexity index is 1330. The van der Waals surface area contributed by atoms with Crippen molar-refractivity contribution >= 4 is 51.0 Å². The van der Waals surface area contributed by atoms with E-state index in [1.807, 2.05) is 16.8 Å². The van der Waals surface area contributed by atoms with E-state index in [-0.39, 0.29) is 16.8 Å². The lowest BCUT2D eigenvalue weighted by atomic mass is 10.1. The van der Waals surface area contributed by atoms with Crippen LogP contribution in [0.5, 0.6) is 0 Å². The number of thiophene rings is 1. The summed E-state index contributed by atoms with van der Waals surface area (Å²) in [6.07, 6.45) is 1.73. The number of allylic oxidation sites excluding steroid dienone is 1. The van der Waals surface area contributed by atoms with Crippen molar-refractivity contribution < 1.29 is 9.34 Å². The fourth-order valence-electron chi connectivity index (χ4n) is 2.59. The molecule has 0 fully saturated rings. The van der Waals surface area contributed by atoms with Crippen LogP contribution < -0.4 is 5.63 Å². The van der Waals surface area contributed by atoms with Gasteiger partial charge in [-0.2, -0.15) is 16.6 Å². The van der Waals surface area contributed by atoms with E-state index < -0.39 is 10.5 Å². The van der Waals surface area contributed by atoms with Gasteiger partial charge in [0.05, 0.1) is 21.8 Å². The van der Waals surface area contributed by atoms with Crippen LogP contribution in [0.1, 0.15) is 10.6 Å². The van der Waals surface area contributed by atoms with Crippen molar-refractivity contribution in [2.24, 2.45) is 0 Å². The molecule has 0 saturated carbocycles. The molecule has 0 aliphatic carbocycles. The lowest BCUT2D eigenvalue weighted by Gasteiger charge is -2.00. The average molecular weight is 407 g/mol. The Morgan fingerprint density at radius 1 is 1.29 bits per heavy atom. The van der Waals surface area contributed by atoms with Gasteiger partial charge in [-0.05, 0) is 40.6 Å². The molecule has 0 radical (unpaired) electrons. The first-order chi connectivity index (χ1) is 13.5. The van der Waals surface area contributed by atoms with Crippen molar-refractivity contribution in [2.45, 2.75) is 0 Å². The summed E-state index contributed by atoms with van der Waals surface area (Å²) in [6.45, 7) is 0. The highest BCUT2D eigenvalue weighted by atomic mass is 32.1. The standard InChI is InChI=1S/C19H9N3O4S2/c20-8-13(5-11-3-4-27-9-11)18-21-16(10-28-18)15-7-12-6-14(22(24)25)1-2-17(12)26-19(15)23/h1-7,9-10H/b13-5-. The third-order valence-electron chi connectivity index (χ3n) is 3.91. The quantitative estimate of drug-likeness (QED) is 0.205. The molecule has 4 rings (SSSR count). The summed E-state index contributed by atoms with van der Waals surface area (Å²) >= 11 is 2.76. The molecule has 28 heavy (non-hydrogen) atoms. The van der Waals surface area contributed by atoms with Crippen LogP contribution >= 0.6 is 22.7 Å². The van der Waals surface area contributed by atoms with E-state index in [4.69, 9.17) is 4.42 Å². The molecule has 0 aliphatic rings. The predicted octanol–water partition coefficient (Wildman–Crippen LogP) is 4.95. The molecule has 0 amide bonds. The summed E-state index contributed by atoms with van der Waals surface area (Å²) in [6, 6.07) is 9.54. The first-order valence-corrected chi connectivity index (χ1v) is 9.70. The minimum atomic E-state index is -0.599. The summed E-state index contributed by atoms with van der Waals surface area (Å²) in [5, 5.41) is 26.8. The van der Waals surface area contributed by atoms with E-state index in [0.29, 0.717) is 21.7 Å². The molecule has 0 spiro atoms. The molecule has 0 saturated heterocycles. The van der Waals surface area contributed by atoms with E-state index in [0.717, 1.165) is 5.56 Å². The number of nitriles is 1. The van der Waals surface area contributed by atoms with Crippen LogP contribution in [-0.2, 0) is 0 Å². The first kappa shape index (κ1) is 17.8. The van der Waals surface area contributed by atoms with Gasteiger partial charge in [0.25, 0.3) is 5.69 Å². The van der Waals surface area contributed by atoms with Crippen LogP contribution in [0.2, 0.25) is 0 Å². The second-order valence-electron chi connectivity index (χ2n) is 5.69. The molecule has 4 aromatic rings. The number of hydrogen-bond donors (Lipinski definition) is 0. The summed E-state index contributed by atoms with van der Waals surface area (Å²) in [7, 11) is 0. The minimum absolute atomic E-state index is 0.100. The van der Waals surface area contributed by atoms with Crippen molar-refractivity contribution in [2.75, 3.05) is 0 Å². The summed E-state index contributed by atoms with van der Waals surface area (Å²) in [4.78, 5) is 27.2. The van der Waals surface area contributed by atoms with Crippen molar-refractivity contribution in [3.05, 3.63) is 77.6 Å². The van der Waals surface area contributed by atoms with Gasteiger partial charge in [0.1, 0.15) is 16.7 Å². The van der Waals surface area contributed by atoms with Crippen LogP contribution in [0.3, 0.4) is 0 Å². The van der Waals surface area contributed by atoms with Crippen LogP contribution in [0, 0.1) is 21.4 Å². The van der Waals surface area contributed by atoms with E-state index in [1.54, 1.807) is 11.5 Å². The molecule has 0 N–H and O–H groups in total. The fraction of sp³-hybridized carbons (Fsp3) is 0. The molecular weight excluding hydrogens is 398 g/mol. The molecule has 0 bridgehead atoms. The number of non-ortho nitro benzene ring substituents is 1. The monoisotopic (exact) mass is 407 g/mol. The Morgan fingerprint density at radius 3 is 2.86 bits per heavy atom. The van der Waals surface area contributed by atoms with Gasteiger partial charge in [-0.15, -0.1) is 11.3 Å². The SMILES string of the molecule is N#C/C(=C/c1ccsc1)c1nc(-c2cc3cc([N+](=O)[O-])ccc3oc2=O)cs1. The molecule has 0 unspecified atom stereocenters. The number of thiazole rings is 1. The second-order valence-corrected chi connectivity index (χ2v) is 7.33. The third-order valence-corrected chi connectivity index (χ3v) is 5.49. The van der Waals surface area contributed by atoms with Crippen LogP contribution in [0.25, 0.3) is 33.9 Å². The Kier molecular flexibility index (Phi) is 4.57. The Hall–Kier alpha value is -3.61. The Morgan fingerprint density at radius 2 is 2.14 bits per heavy atom. The molecule has 0 aliphatic heterocycles. The van der Waals surface area contributed by atoms with Crippen LogP contribution in [-0.4, -0.2) is 9.91 Å². The minimum Gasteiger partial charge on any atom is -0.422 e. The van der Waals surface area contributed by atoms with Gasteiger partial charge in [-0.1, -0.05) is 0 Å². The van der Waals surface area contributed by atoms with Crippen molar-refractivity contribution in [3.8, 4) is 17.3 Å². The highest BCUT2D eigenvalue weighted by Gasteiger charge is 2.15. The molecule has 7 nitrogen and oxygen atoms in total. The maximum Gasteiger partial charge on any atom is 0.345 e.